The number of nitrogens with zero attached hydrogens (tertiary/aromatic N) is 6. The monoisotopic (exact) mass is 393 g/mol. The minimum atomic E-state index is -0.611. The van der Waals surface area contributed by atoms with E-state index in [0.29, 0.717) is 5.56 Å². The summed E-state index contributed by atoms with van der Waals surface area (Å²) in [6.45, 7) is 0.435. The second-order valence-electron chi connectivity index (χ2n) is 5.49. The lowest BCUT2D eigenvalue weighted by molar-refractivity contribution is -0.389. The first-order valence-corrected chi connectivity index (χ1v) is 8.09. The minimum absolute atomic E-state index is 0.0389. The number of halogens is 2. The second kappa shape index (κ2) is 7.91. The van der Waals surface area contributed by atoms with Gasteiger partial charge in [0, 0.05) is 11.4 Å². The Balaban J connectivity index is 1.53. The highest BCUT2D eigenvalue weighted by Crippen LogP contribution is 2.18. The number of hydrogen-bond donors (Lipinski definition) is 1. The van der Waals surface area contributed by atoms with E-state index in [0.717, 1.165) is 0 Å². The Morgan fingerprint density at radius 1 is 1.30 bits per heavy atom. The highest BCUT2D eigenvalue weighted by molar-refractivity contribution is 6.31. The van der Waals surface area contributed by atoms with Crippen molar-refractivity contribution in [1.29, 1.82) is 0 Å². The van der Waals surface area contributed by atoms with Crippen LogP contribution in [0.25, 0.3) is 0 Å². The number of anilines is 1. The Morgan fingerprint density at radius 2 is 2.11 bits per heavy atom. The molecule has 0 saturated heterocycles. The summed E-state index contributed by atoms with van der Waals surface area (Å²) in [5, 5.41) is 21.2. The fourth-order valence-corrected chi connectivity index (χ4v) is 2.46. The smallest absolute Gasteiger partial charge is 0.358 e. The van der Waals surface area contributed by atoms with Crippen molar-refractivity contribution in [2.45, 2.75) is 19.5 Å². The molecule has 2 aromatic heterocycles. The average molecular weight is 394 g/mol. The maximum absolute atomic E-state index is 13.1. The quantitative estimate of drug-likeness (QED) is 0.485. The Kier molecular flexibility index (Phi) is 5.41. The number of carbonyl (C=O) groups is 1. The lowest BCUT2D eigenvalue weighted by Gasteiger charge is -2.04. The maximum Gasteiger partial charge on any atom is 0.389 e. The molecule has 27 heavy (non-hydrogen) atoms. The number of nitro groups is 1. The van der Waals surface area contributed by atoms with Crippen LogP contribution >= 0.6 is 11.6 Å². The van der Waals surface area contributed by atoms with E-state index in [4.69, 9.17) is 11.6 Å². The van der Waals surface area contributed by atoms with Gasteiger partial charge in [-0.1, -0.05) is 17.7 Å². The van der Waals surface area contributed by atoms with Crippen LogP contribution in [-0.2, 0) is 17.9 Å². The van der Waals surface area contributed by atoms with E-state index >= 15 is 0 Å². The summed E-state index contributed by atoms with van der Waals surface area (Å²) < 4.78 is 15.8. The summed E-state index contributed by atoms with van der Waals surface area (Å²) >= 11 is 5.97. The highest BCUT2D eigenvalue weighted by atomic mass is 35.5. The van der Waals surface area contributed by atoms with Crippen molar-refractivity contribution in [3.63, 3.8) is 0 Å². The van der Waals surface area contributed by atoms with Crippen LogP contribution in [0, 0.1) is 15.9 Å². The van der Waals surface area contributed by atoms with Gasteiger partial charge in [0.15, 0.2) is 0 Å². The third kappa shape index (κ3) is 4.85. The molecule has 3 rings (SSSR count). The van der Waals surface area contributed by atoms with Gasteiger partial charge in [-0.05, 0) is 22.6 Å². The number of amides is 1. The molecule has 0 saturated carbocycles. The largest absolute Gasteiger partial charge is 0.389 e. The fraction of sp³-hybridized carbons (Fsp3) is 0.200. The molecular weight excluding hydrogens is 381 g/mol. The van der Waals surface area contributed by atoms with E-state index in [1.165, 1.54) is 40.1 Å². The van der Waals surface area contributed by atoms with Crippen molar-refractivity contribution in [3.05, 3.63) is 63.3 Å². The lowest BCUT2D eigenvalue weighted by atomic mass is 10.2. The Bertz CT molecular complexity index is 987. The topological polar surface area (TPSA) is 121 Å². The van der Waals surface area contributed by atoms with E-state index < -0.39 is 10.7 Å². The lowest BCUT2D eigenvalue weighted by Crippen LogP contribution is -2.16. The number of hydrogen-bond acceptors (Lipinski definition) is 6. The molecule has 12 heteroatoms. The molecule has 10 nitrogen and oxygen atoms in total. The zero-order valence-electron chi connectivity index (χ0n) is 13.7. The number of rotatable bonds is 7. The Labute approximate surface area is 156 Å². The van der Waals surface area contributed by atoms with Crippen LogP contribution in [0.1, 0.15) is 12.0 Å². The molecule has 1 N–H and O–H groups in total. The standard InChI is InChI=1S/C15H13ClFN7O3/c16-12-7-11(17)2-1-10(12)8-23-9-18-15(21-23)19-14(25)4-6-22-5-3-13(20-22)24(26)27/h1-3,5,7,9H,4,6,8H2,(H,19,21,25). The third-order valence-corrected chi connectivity index (χ3v) is 3.87. The van der Waals surface area contributed by atoms with Gasteiger partial charge in [-0.15, -0.1) is 5.10 Å². The van der Waals surface area contributed by atoms with Gasteiger partial charge < -0.3 is 10.1 Å². The van der Waals surface area contributed by atoms with Crippen molar-refractivity contribution in [1.82, 2.24) is 24.5 Å². The van der Waals surface area contributed by atoms with Crippen molar-refractivity contribution < 1.29 is 14.1 Å². The van der Waals surface area contributed by atoms with Crippen molar-refractivity contribution in [3.8, 4) is 0 Å². The van der Waals surface area contributed by atoms with Crippen LogP contribution in [0.3, 0.4) is 0 Å². The maximum atomic E-state index is 13.1. The van der Waals surface area contributed by atoms with Crippen LogP contribution in [0.15, 0.2) is 36.8 Å². The molecule has 140 valence electrons. The molecule has 0 atom stereocenters. The van der Waals surface area contributed by atoms with E-state index in [1.54, 1.807) is 6.07 Å². The Morgan fingerprint density at radius 3 is 2.81 bits per heavy atom. The number of nitrogens with one attached hydrogen (secondary N) is 1. The molecule has 0 bridgehead atoms. The van der Waals surface area contributed by atoms with Crippen LogP contribution < -0.4 is 5.32 Å². The number of aryl methyl sites for hydroxylation is 1. The van der Waals surface area contributed by atoms with Crippen LogP contribution in [0.5, 0.6) is 0 Å². The molecule has 0 radical (unpaired) electrons. The molecule has 3 aromatic rings. The molecule has 1 aromatic carbocycles. The molecule has 0 aliphatic carbocycles. The van der Waals surface area contributed by atoms with Gasteiger partial charge in [0.05, 0.1) is 30.5 Å². The van der Waals surface area contributed by atoms with Gasteiger partial charge in [0.1, 0.15) is 12.1 Å². The van der Waals surface area contributed by atoms with Gasteiger partial charge in [0.25, 0.3) is 0 Å². The molecule has 0 aliphatic rings. The van der Waals surface area contributed by atoms with E-state index in [9.17, 15) is 19.3 Å². The van der Waals surface area contributed by atoms with Gasteiger partial charge in [-0.2, -0.15) is 4.68 Å². The second-order valence-corrected chi connectivity index (χ2v) is 5.90. The number of benzene rings is 1. The van der Waals surface area contributed by atoms with Crippen molar-refractivity contribution >= 4 is 29.3 Å². The number of aromatic nitrogens is 5. The average Bonchev–Trinajstić information content (AvgIpc) is 3.25. The SMILES string of the molecule is O=C(CCn1ccc([N+](=O)[O-])n1)Nc1ncn(Cc2ccc(F)cc2Cl)n1. The van der Waals surface area contributed by atoms with E-state index in [-0.39, 0.29) is 42.2 Å². The molecule has 0 fully saturated rings. The van der Waals surface area contributed by atoms with Crippen molar-refractivity contribution in [2.75, 3.05) is 5.32 Å². The van der Waals surface area contributed by atoms with Gasteiger partial charge in [-0.25, -0.2) is 14.1 Å². The molecule has 2 heterocycles. The van der Waals surface area contributed by atoms with Crippen LogP contribution in [0.2, 0.25) is 5.02 Å². The van der Waals surface area contributed by atoms with E-state index in [2.05, 4.69) is 20.5 Å². The minimum Gasteiger partial charge on any atom is -0.358 e. The zero-order chi connectivity index (χ0) is 19.4. The Hall–Kier alpha value is -3.34. The third-order valence-electron chi connectivity index (χ3n) is 3.52. The summed E-state index contributed by atoms with van der Waals surface area (Å²) in [5.41, 5.74) is 0.654. The normalized spacial score (nSPS) is 10.7. The molecule has 0 spiro atoms. The van der Waals surface area contributed by atoms with Gasteiger partial charge >= 0.3 is 5.82 Å². The molecule has 0 unspecified atom stereocenters. The summed E-state index contributed by atoms with van der Waals surface area (Å²) in [6, 6.07) is 5.29. The van der Waals surface area contributed by atoms with Crippen molar-refractivity contribution in [2.24, 2.45) is 0 Å². The van der Waals surface area contributed by atoms with Gasteiger partial charge in [-0.3, -0.25) is 10.1 Å². The summed E-state index contributed by atoms with van der Waals surface area (Å²) in [5.74, 6) is -0.983. The first kappa shape index (κ1) is 18.5. The van der Waals surface area contributed by atoms with Gasteiger partial charge in [0.2, 0.25) is 11.9 Å². The highest BCUT2D eigenvalue weighted by Gasteiger charge is 2.13. The molecule has 0 aliphatic heterocycles. The first-order chi connectivity index (χ1) is 12.9. The summed E-state index contributed by atoms with van der Waals surface area (Å²) in [6.07, 6.45) is 2.87. The fourth-order valence-electron chi connectivity index (χ4n) is 2.23. The van der Waals surface area contributed by atoms with E-state index in [1.807, 2.05) is 0 Å². The first-order valence-electron chi connectivity index (χ1n) is 7.72. The number of carbonyl (C=O) groups excluding carboxylic acids is 1. The zero-order valence-corrected chi connectivity index (χ0v) is 14.5. The van der Waals surface area contributed by atoms with Crippen LogP contribution in [0.4, 0.5) is 16.2 Å². The predicted molar refractivity (Wildman–Crippen MR) is 92.7 cm³/mol. The summed E-state index contributed by atoms with van der Waals surface area (Å²) in [7, 11) is 0. The van der Waals surface area contributed by atoms with Crippen LogP contribution in [-0.4, -0.2) is 35.4 Å². The molecule has 1 amide bonds. The molecular formula is C15H13ClFN7O3. The predicted octanol–water partition coefficient (Wildman–Crippen LogP) is 2.25. The summed E-state index contributed by atoms with van der Waals surface area (Å²) in [4.78, 5) is 25.9.